The topological polar surface area (TPSA) is 21.3 Å². The van der Waals surface area contributed by atoms with E-state index in [-0.39, 0.29) is 6.04 Å². The fourth-order valence-corrected chi connectivity index (χ4v) is 3.36. The zero-order chi connectivity index (χ0) is 14.7. The standard InChI is InChI=1S/C18H23NOS/c1-3-10-19-18(17-12-21-11-13(17)2)14-4-6-15(7-5-14)20-16-8-9-16/h4-7,11-12,16,18-19H,3,8-10H2,1-2H3. The minimum Gasteiger partial charge on any atom is -0.490 e. The second-order valence-electron chi connectivity index (χ2n) is 5.78. The fraction of sp³-hybridized carbons (Fsp3) is 0.444. The molecule has 1 unspecified atom stereocenters. The molecule has 112 valence electrons. The third-order valence-corrected chi connectivity index (χ3v) is 4.72. The van der Waals surface area contributed by atoms with E-state index in [1.807, 2.05) is 0 Å². The molecule has 0 amide bonds. The van der Waals surface area contributed by atoms with Gasteiger partial charge in [0.15, 0.2) is 0 Å². The molecule has 0 saturated heterocycles. The summed E-state index contributed by atoms with van der Waals surface area (Å²) in [5.41, 5.74) is 4.07. The van der Waals surface area contributed by atoms with Gasteiger partial charge in [0.25, 0.3) is 0 Å². The Morgan fingerprint density at radius 1 is 1.24 bits per heavy atom. The Morgan fingerprint density at radius 2 is 2.00 bits per heavy atom. The van der Waals surface area contributed by atoms with Gasteiger partial charge in [0.05, 0.1) is 12.1 Å². The molecule has 2 aromatic rings. The highest BCUT2D eigenvalue weighted by Crippen LogP contribution is 2.31. The number of nitrogens with one attached hydrogen (secondary N) is 1. The van der Waals surface area contributed by atoms with Gasteiger partial charge in [0.2, 0.25) is 0 Å². The van der Waals surface area contributed by atoms with Crippen LogP contribution in [0.15, 0.2) is 35.0 Å². The molecule has 1 N–H and O–H groups in total. The molecule has 0 bridgehead atoms. The molecule has 0 radical (unpaired) electrons. The molecular weight excluding hydrogens is 278 g/mol. The van der Waals surface area contributed by atoms with Crippen molar-refractivity contribution in [3.05, 3.63) is 51.7 Å². The molecule has 0 aliphatic heterocycles. The molecule has 3 rings (SSSR count). The maximum absolute atomic E-state index is 5.84. The van der Waals surface area contributed by atoms with Crippen LogP contribution in [0.5, 0.6) is 5.75 Å². The van der Waals surface area contributed by atoms with E-state index in [9.17, 15) is 0 Å². The molecule has 1 aromatic heterocycles. The van der Waals surface area contributed by atoms with Gasteiger partial charge >= 0.3 is 0 Å². The molecule has 21 heavy (non-hydrogen) atoms. The maximum atomic E-state index is 5.84. The van der Waals surface area contributed by atoms with Gasteiger partial charge in [-0.3, -0.25) is 0 Å². The lowest BCUT2D eigenvalue weighted by Crippen LogP contribution is -2.23. The van der Waals surface area contributed by atoms with E-state index in [4.69, 9.17) is 4.74 Å². The summed E-state index contributed by atoms with van der Waals surface area (Å²) in [6, 6.07) is 8.89. The highest BCUT2D eigenvalue weighted by Gasteiger charge is 2.23. The van der Waals surface area contributed by atoms with Crippen molar-refractivity contribution in [1.82, 2.24) is 5.32 Å². The Bertz CT molecular complexity index is 571. The highest BCUT2D eigenvalue weighted by atomic mass is 32.1. The van der Waals surface area contributed by atoms with E-state index >= 15 is 0 Å². The summed E-state index contributed by atoms with van der Waals surface area (Å²) in [6.45, 7) is 5.43. The third kappa shape index (κ3) is 3.66. The van der Waals surface area contributed by atoms with E-state index < -0.39 is 0 Å². The summed E-state index contributed by atoms with van der Waals surface area (Å²) in [5, 5.41) is 8.15. The number of benzene rings is 1. The monoisotopic (exact) mass is 301 g/mol. The van der Waals surface area contributed by atoms with Crippen LogP contribution in [0.3, 0.4) is 0 Å². The number of hydrogen-bond donors (Lipinski definition) is 1. The van der Waals surface area contributed by atoms with E-state index in [1.165, 1.54) is 29.5 Å². The van der Waals surface area contributed by atoms with Gasteiger partial charge < -0.3 is 10.1 Å². The Labute approximate surface area is 131 Å². The van der Waals surface area contributed by atoms with Crippen LogP contribution >= 0.6 is 11.3 Å². The second-order valence-corrected chi connectivity index (χ2v) is 6.53. The smallest absolute Gasteiger partial charge is 0.119 e. The van der Waals surface area contributed by atoms with Crippen molar-refractivity contribution in [2.75, 3.05) is 6.54 Å². The molecule has 1 saturated carbocycles. The molecule has 1 atom stereocenters. The summed E-state index contributed by atoms with van der Waals surface area (Å²) in [5.74, 6) is 0.998. The van der Waals surface area contributed by atoms with E-state index in [1.54, 1.807) is 11.3 Å². The molecule has 0 spiro atoms. The molecular formula is C18H23NOS. The zero-order valence-electron chi connectivity index (χ0n) is 12.8. The average Bonchev–Trinajstić information content (AvgIpc) is 3.21. The molecule has 1 heterocycles. The summed E-state index contributed by atoms with van der Waals surface area (Å²) in [4.78, 5) is 0. The van der Waals surface area contributed by atoms with Crippen LogP contribution in [0.1, 0.15) is 48.9 Å². The zero-order valence-corrected chi connectivity index (χ0v) is 13.6. The summed E-state index contributed by atoms with van der Waals surface area (Å²) in [7, 11) is 0. The molecule has 1 fully saturated rings. The minimum absolute atomic E-state index is 0.283. The van der Waals surface area contributed by atoms with Gasteiger partial charge in [0, 0.05) is 0 Å². The van der Waals surface area contributed by atoms with Crippen molar-refractivity contribution in [1.29, 1.82) is 0 Å². The highest BCUT2D eigenvalue weighted by molar-refractivity contribution is 7.08. The molecule has 1 aliphatic carbocycles. The fourth-order valence-electron chi connectivity index (χ4n) is 2.48. The lowest BCUT2D eigenvalue weighted by atomic mass is 9.98. The largest absolute Gasteiger partial charge is 0.490 e. The average molecular weight is 301 g/mol. The Hall–Kier alpha value is -1.32. The van der Waals surface area contributed by atoms with E-state index in [2.05, 4.69) is 54.2 Å². The van der Waals surface area contributed by atoms with Crippen molar-refractivity contribution >= 4 is 11.3 Å². The van der Waals surface area contributed by atoms with Crippen LogP contribution in [-0.2, 0) is 0 Å². The van der Waals surface area contributed by atoms with Gasteiger partial charge in [0.1, 0.15) is 5.75 Å². The van der Waals surface area contributed by atoms with Crippen molar-refractivity contribution in [3.8, 4) is 5.75 Å². The van der Waals surface area contributed by atoms with Gasteiger partial charge in [-0.2, -0.15) is 11.3 Å². The van der Waals surface area contributed by atoms with Gasteiger partial charge in [-0.25, -0.2) is 0 Å². The molecule has 2 nitrogen and oxygen atoms in total. The van der Waals surface area contributed by atoms with Crippen molar-refractivity contribution in [2.45, 2.75) is 45.3 Å². The van der Waals surface area contributed by atoms with Crippen LogP contribution in [0.4, 0.5) is 0 Å². The Kier molecular flexibility index (Phi) is 4.61. The van der Waals surface area contributed by atoms with E-state index in [0.717, 1.165) is 18.7 Å². The first-order chi connectivity index (χ1) is 10.3. The van der Waals surface area contributed by atoms with Crippen LogP contribution in [0, 0.1) is 6.92 Å². The predicted octanol–water partition coefficient (Wildman–Crippen LogP) is 4.69. The normalized spacial score (nSPS) is 15.9. The van der Waals surface area contributed by atoms with Crippen molar-refractivity contribution in [2.24, 2.45) is 0 Å². The van der Waals surface area contributed by atoms with Gasteiger partial charge in [-0.15, -0.1) is 0 Å². The predicted molar refractivity (Wildman–Crippen MR) is 89.3 cm³/mol. The quantitative estimate of drug-likeness (QED) is 0.801. The number of aryl methyl sites for hydroxylation is 1. The van der Waals surface area contributed by atoms with Crippen LogP contribution in [-0.4, -0.2) is 12.6 Å². The summed E-state index contributed by atoms with van der Waals surface area (Å²) >= 11 is 1.78. The lowest BCUT2D eigenvalue weighted by molar-refractivity contribution is 0.303. The first-order valence-electron chi connectivity index (χ1n) is 7.80. The van der Waals surface area contributed by atoms with Gasteiger partial charge in [-0.05, 0) is 72.3 Å². The van der Waals surface area contributed by atoms with Crippen molar-refractivity contribution < 1.29 is 4.74 Å². The SMILES string of the molecule is CCCNC(c1ccc(OC2CC2)cc1)c1cscc1C. The first kappa shape index (κ1) is 14.6. The Morgan fingerprint density at radius 3 is 2.57 bits per heavy atom. The molecule has 1 aliphatic rings. The van der Waals surface area contributed by atoms with Crippen molar-refractivity contribution in [3.63, 3.8) is 0 Å². The first-order valence-corrected chi connectivity index (χ1v) is 8.75. The second kappa shape index (κ2) is 6.63. The molecule has 1 aromatic carbocycles. The van der Waals surface area contributed by atoms with Gasteiger partial charge in [-0.1, -0.05) is 19.1 Å². The van der Waals surface area contributed by atoms with Crippen LogP contribution < -0.4 is 10.1 Å². The van der Waals surface area contributed by atoms with Crippen LogP contribution in [0.2, 0.25) is 0 Å². The number of hydrogen-bond acceptors (Lipinski definition) is 3. The number of rotatable bonds is 7. The minimum atomic E-state index is 0.283. The summed E-state index contributed by atoms with van der Waals surface area (Å²) in [6.07, 6.45) is 4.01. The Balaban J connectivity index is 1.79. The van der Waals surface area contributed by atoms with Crippen LogP contribution in [0.25, 0.3) is 0 Å². The van der Waals surface area contributed by atoms with E-state index in [0.29, 0.717) is 6.10 Å². The lowest BCUT2D eigenvalue weighted by Gasteiger charge is -2.20. The third-order valence-electron chi connectivity index (χ3n) is 3.85. The number of thiophene rings is 1. The molecule has 3 heteroatoms. The maximum Gasteiger partial charge on any atom is 0.119 e. The number of ether oxygens (including phenoxy) is 1. The summed E-state index contributed by atoms with van der Waals surface area (Å²) < 4.78 is 5.84.